The molecule has 3 nitrogen and oxygen atoms in total. The topological polar surface area (TPSA) is 53.4 Å². The zero-order chi connectivity index (χ0) is 16.5. The number of pyridine rings is 1. The molecule has 0 unspecified atom stereocenters. The Bertz CT molecular complexity index is 1010. The molecule has 116 valence electrons. The Kier molecular flexibility index (Phi) is 3.39. The van der Waals surface area contributed by atoms with Crippen LogP contribution in [0.3, 0.4) is 0 Å². The molecule has 0 aliphatic rings. The third-order valence-electron chi connectivity index (χ3n) is 4.07. The molecule has 0 radical (unpaired) electrons. The van der Waals surface area contributed by atoms with Crippen LogP contribution in [0.2, 0.25) is 0 Å². The fraction of sp³-hybridized carbons (Fsp3) is 0. The number of rotatable bonds is 2. The lowest BCUT2D eigenvalue weighted by molar-refractivity contribution is 0.475. The van der Waals surface area contributed by atoms with E-state index in [0.29, 0.717) is 5.52 Å². The van der Waals surface area contributed by atoms with Gasteiger partial charge >= 0.3 is 0 Å². The summed E-state index contributed by atoms with van der Waals surface area (Å²) in [6.07, 6.45) is 0. The summed E-state index contributed by atoms with van der Waals surface area (Å²) in [5, 5.41) is 20.7. The highest BCUT2D eigenvalue weighted by atomic mass is 16.3. The third-order valence-corrected chi connectivity index (χ3v) is 4.07. The monoisotopic (exact) mass is 313 g/mol. The minimum absolute atomic E-state index is 0.158. The normalized spacial score (nSPS) is 10.8. The molecular weight excluding hydrogens is 298 g/mol. The van der Waals surface area contributed by atoms with Crippen molar-refractivity contribution in [2.75, 3.05) is 0 Å². The minimum atomic E-state index is 0.158. The summed E-state index contributed by atoms with van der Waals surface area (Å²) < 4.78 is 0. The molecule has 3 aromatic carbocycles. The number of hydrogen-bond acceptors (Lipinski definition) is 3. The predicted octanol–water partition coefficient (Wildman–Crippen LogP) is 4.98. The van der Waals surface area contributed by atoms with Gasteiger partial charge in [-0.1, -0.05) is 42.5 Å². The van der Waals surface area contributed by atoms with Gasteiger partial charge in [0.1, 0.15) is 17.0 Å². The van der Waals surface area contributed by atoms with Gasteiger partial charge in [-0.25, -0.2) is 4.98 Å². The van der Waals surface area contributed by atoms with E-state index < -0.39 is 0 Å². The first-order chi connectivity index (χ1) is 11.7. The summed E-state index contributed by atoms with van der Waals surface area (Å²) in [6.45, 7) is 0. The second kappa shape index (κ2) is 5.70. The molecule has 1 heterocycles. The zero-order valence-corrected chi connectivity index (χ0v) is 12.8. The van der Waals surface area contributed by atoms with Gasteiger partial charge in [-0.05, 0) is 47.5 Å². The van der Waals surface area contributed by atoms with Crippen molar-refractivity contribution in [2.24, 2.45) is 0 Å². The SMILES string of the molecule is Oc1ccc(-c2cc(-c3ccccc3)c3cccc(O)c3n2)cc1. The van der Waals surface area contributed by atoms with Crippen LogP contribution >= 0.6 is 0 Å². The van der Waals surface area contributed by atoms with Crippen molar-refractivity contribution in [3.8, 4) is 33.9 Å². The van der Waals surface area contributed by atoms with Crippen LogP contribution in [0.15, 0.2) is 78.9 Å². The van der Waals surface area contributed by atoms with Gasteiger partial charge in [-0.15, -0.1) is 0 Å². The maximum Gasteiger partial charge on any atom is 0.141 e. The van der Waals surface area contributed by atoms with Gasteiger partial charge in [0.2, 0.25) is 0 Å². The Morgan fingerprint density at radius 2 is 1.42 bits per heavy atom. The maximum atomic E-state index is 10.3. The highest BCUT2D eigenvalue weighted by molar-refractivity contribution is 5.99. The Morgan fingerprint density at radius 1 is 0.667 bits per heavy atom. The summed E-state index contributed by atoms with van der Waals surface area (Å²) in [5.41, 5.74) is 4.29. The average molecular weight is 313 g/mol. The number of fused-ring (bicyclic) bond motifs is 1. The molecule has 0 fully saturated rings. The van der Waals surface area contributed by atoms with Gasteiger partial charge in [0.25, 0.3) is 0 Å². The molecule has 3 heteroatoms. The van der Waals surface area contributed by atoms with Crippen molar-refractivity contribution in [1.29, 1.82) is 0 Å². The van der Waals surface area contributed by atoms with Crippen LogP contribution in [0.1, 0.15) is 0 Å². The predicted molar refractivity (Wildman–Crippen MR) is 95.9 cm³/mol. The Hall–Kier alpha value is -3.33. The first kappa shape index (κ1) is 14.3. The van der Waals surface area contributed by atoms with Crippen molar-refractivity contribution < 1.29 is 10.2 Å². The van der Waals surface area contributed by atoms with E-state index in [1.807, 2.05) is 60.7 Å². The van der Waals surface area contributed by atoms with Crippen LogP contribution in [0, 0.1) is 0 Å². The minimum Gasteiger partial charge on any atom is -0.508 e. The number of benzene rings is 3. The van der Waals surface area contributed by atoms with E-state index in [4.69, 9.17) is 0 Å². The summed E-state index contributed by atoms with van der Waals surface area (Å²) in [7, 11) is 0. The van der Waals surface area contributed by atoms with E-state index in [-0.39, 0.29) is 11.5 Å². The fourth-order valence-electron chi connectivity index (χ4n) is 2.87. The van der Waals surface area contributed by atoms with E-state index in [2.05, 4.69) is 4.98 Å². The van der Waals surface area contributed by atoms with E-state index >= 15 is 0 Å². The third kappa shape index (κ3) is 2.46. The van der Waals surface area contributed by atoms with Crippen LogP contribution in [0.4, 0.5) is 0 Å². The van der Waals surface area contributed by atoms with Crippen molar-refractivity contribution in [1.82, 2.24) is 4.98 Å². The number of hydrogen-bond donors (Lipinski definition) is 2. The summed E-state index contributed by atoms with van der Waals surface area (Å²) in [5.74, 6) is 0.371. The number of phenols is 2. The van der Waals surface area contributed by atoms with Crippen LogP contribution in [0.25, 0.3) is 33.3 Å². The molecule has 0 aliphatic heterocycles. The van der Waals surface area contributed by atoms with E-state index in [1.54, 1.807) is 18.2 Å². The quantitative estimate of drug-likeness (QED) is 0.549. The zero-order valence-electron chi connectivity index (χ0n) is 12.8. The van der Waals surface area contributed by atoms with Crippen molar-refractivity contribution in [3.05, 3.63) is 78.9 Å². The van der Waals surface area contributed by atoms with E-state index in [0.717, 1.165) is 27.8 Å². The van der Waals surface area contributed by atoms with E-state index in [9.17, 15) is 10.2 Å². The molecule has 0 amide bonds. The molecule has 0 bridgehead atoms. The molecule has 0 aliphatic carbocycles. The number of aromatic nitrogens is 1. The molecule has 0 saturated heterocycles. The molecule has 1 aromatic heterocycles. The second-order valence-electron chi connectivity index (χ2n) is 5.64. The Labute approximate surface area is 139 Å². The number of nitrogens with zero attached hydrogens (tertiary/aromatic N) is 1. The summed E-state index contributed by atoms with van der Waals surface area (Å²) in [4.78, 5) is 4.63. The molecule has 4 aromatic rings. The standard InChI is InChI=1S/C21H15NO2/c23-16-11-9-15(10-12-16)19-13-18(14-5-2-1-3-6-14)17-7-4-8-20(24)21(17)22-19/h1-13,23-24H. The first-order valence-corrected chi connectivity index (χ1v) is 7.70. The largest absolute Gasteiger partial charge is 0.508 e. The maximum absolute atomic E-state index is 10.3. The lowest BCUT2D eigenvalue weighted by Crippen LogP contribution is -1.90. The van der Waals surface area contributed by atoms with Crippen LogP contribution < -0.4 is 0 Å². The Balaban J connectivity index is 2.03. The van der Waals surface area contributed by atoms with Crippen LogP contribution in [0.5, 0.6) is 11.5 Å². The van der Waals surface area contributed by atoms with E-state index in [1.165, 1.54) is 0 Å². The molecule has 24 heavy (non-hydrogen) atoms. The van der Waals surface area contributed by atoms with Gasteiger partial charge < -0.3 is 10.2 Å². The molecule has 0 spiro atoms. The highest BCUT2D eigenvalue weighted by Crippen LogP contribution is 2.35. The fourth-order valence-corrected chi connectivity index (χ4v) is 2.87. The number of aromatic hydroxyl groups is 2. The molecule has 2 N–H and O–H groups in total. The second-order valence-corrected chi connectivity index (χ2v) is 5.64. The Morgan fingerprint density at radius 3 is 2.17 bits per heavy atom. The number of phenolic OH excluding ortho intramolecular Hbond substituents is 2. The van der Waals surface area contributed by atoms with Crippen LogP contribution in [-0.2, 0) is 0 Å². The summed E-state index contributed by atoms with van der Waals surface area (Å²) in [6, 6.07) is 24.4. The molecular formula is C21H15NO2. The van der Waals surface area contributed by atoms with Gasteiger partial charge in [-0.3, -0.25) is 0 Å². The highest BCUT2D eigenvalue weighted by Gasteiger charge is 2.11. The van der Waals surface area contributed by atoms with Crippen molar-refractivity contribution in [2.45, 2.75) is 0 Å². The van der Waals surface area contributed by atoms with Gasteiger partial charge in [0.05, 0.1) is 5.69 Å². The van der Waals surface area contributed by atoms with Crippen LogP contribution in [-0.4, -0.2) is 15.2 Å². The smallest absolute Gasteiger partial charge is 0.141 e. The molecule has 0 atom stereocenters. The molecule has 4 rings (SSSR count). The average Bonchev–Trinajstić information content (AvgIpc) is 2.63. The van der Waals surface area contributed by atoms with Gasteiger partial charge in [-0.2, -0.15) is 0 Å². The molecule has 0 saturated carbocycles. The van der Waals surface area contributed by atoms with Crippen molar-refractivity contribution in [3.63, 3.8) is 0 Å². The van der Waals surface area contributed by atoms with Gasteiger partial charge in [0.15, 0.2) is 0 Å². The summed E-state index contributed by atoms with van der Waals surface area (Å²) >= 11 is 0. The van der Waals surface area contributed by atoms with Gasteiger partial charge in [0, 0.05) is 10.9 Å². The number of para-hydroxylation sites is 1. The lowest BCUT2D eigenvalue weighted by atomic mass is 9.98. The van der Waals surface area contributed by atoms with Crippen molar-refractivity contribution >= 4 is 10.9 Å². The lowest BCUT2D eigenvalue weighted by Gasteiger charge is -2.11. The first-order valence-electron chi connectivity index (χ1n) is 7.70.